The largest absolute Gasteiger partial charge is 0.321 e. The molecule has 0 bridgehead atoms. The lowest BCUT2D eigenvalue weighted by molar-refractivity contribution is 0.102. The van der Waals surface area contributed by atoms with Crippen molar-refractivity contribution >= 4 is 57.3 Å². The normalized spacial score (nSPS) is 10.8. The summed E-state index contributed by atoms with van der Waals surface area (Å²) in [6.45, 7) is 0. The molecule has 0 spiro atoms. The van der Waals surface area contributed by atoms with E-state index in [1.165, 1.54) is 0 Å². The Kier molecular flexibility index (Phi) is 5.23. The SMILES string of the molecule is O=C(Nc1cccc(Cl)c1Cl)c1cc(-c2ccccc2Cl)nc2ccccc12. The van der Waals surface area contributed by atoms with Crippen molar-refractivity contribution in [2.75, 3.05) is 5.32 Å². The number of carbonyl (C=O) groups is 1. The van der Waals surface area contributed by atoms with E-state index in [-0.39, 0.29) is 5.91 Å². The molecule has 0 radical (unpaired) electrons. The molecular weight excluding hydrogens is 415 g/mol. The molecule has 4 rings (SSSR count). The van der Waals surface area contributed by atoms with Gasteiger partial charge in [0.25, 0.3) is 5.91 Å². The number of rotatable bonds is 3. The summed E-state index contributed by atoms with van der Waals surface area (Å²) in [6.07, 6.45) is 0. The predicted octanol–water partition coefficient (Wildman–Crippen LogP) is 7.11. The second-order valence-corrected chi connectivity index (χ2v) is 7.30. The number of anilines is 1. The quantitative estimate of drug-likeness (QED) is 0.378. The van der Waals surface area contributed by atoms with Crippen molar-refractivity contribution in [3.63, 3.8) is 0 Å². The molecule has 1 heterocycles. The third kappa shape index (κ3) is 3.57. The Bertz CT molecular complexity index is 1210. The summed E-state index contributed by atoms with van der Waals surface area (Å²) in [5.74, 6) is -0.309. The van der Waals surface area contributed by atoms with E-state index in [1.807, 2.05) is 42.5 Å². The van der Waals surface area contributed by atoms with Crippen LogP contribution >= 0.6 is 34.8 Å². The predicted molar refractivity (Wildman–Crippen MR) is 117 cm³/mol. The van der Waals surface area contributed by atoms with Crippen molar-refractivity contribution < 1.29 is 4.79 Å². The van der Waals surface area contributed by atoms with E-state index >= 15 is 0 Å². The molecule has 3 aromatic carbocycles. The first kappa shape index (κ1) is 18.8. The van der Waals surface area contributed by atoms with E-state index < -0.39 is 0 Å². The van der Waals surface area contributed by atoms with Crippen LogP contribution in [0.2, 0.25) is 15.1 Å². The Labute approximate surface area is 176 Å². The monoisotopic (exact) mass is 426 g/mol. The van der Waals surface area contributed by atoms with Gasteiger partial charge in [-0.2, -0.15) is 0 Å². The molecule has 0 fully saturated rings. The smallest absolute Gasteiger partial charge is 0.256 e. The Morgan fingerprint density at radius 3 is 2.36 bits per heavy atom. The minimum absolute atomic E-state index is 0.294. The van der Waals surface area contributed by atoms with Gasteiger partial charge in [0.2, 0.25) is 0 Å². The molecule has 1 N–H and O–H groups in total. The second kappa shape index (κ2) is 7.80. The molecule has 138 valence electrons. The maximum Gasteiger partial charge on any atom is 0.256 e. The zero-order valence-electron chi connectivity index (χ0n) is 14.4. The van der Waals surface area contributed by atoms with Crippen molar-refractivity contribution in [1.29, 1.82) is 0 Å². The average molecular weight is 428 g/mol. The number of halogens is 3. The molecule has 0 saturated heterocycles. The van der Waals surface area contributed by atoms with Gasteiger partial charge in [0.05, 0.1) is 32.5 Å². The highest BCUT2D eigenvalue weighted by Gasteiger charge is 2.16. The van der Waals surface area contributed by atoms with Gasteiger partial charge in [0.1, 0.15) is 0 Å². The first-order valence-electron chi connectivity index (χ1n) is 8.44. The molecule has 0 unspecified atom stereocenters. The van der Waals surface area contributed by atoms with Gasteiger partial charge in [-0.1, -0.05) is 77.3 Å². The van der Waals surface area contributed by atoms with Gasteiger partial charge >= 0.3 is 0 Å². The number of fused-ring (bicyclic) bond motifs is 1. The zero-order chi connectivity index (χ0) is 19.7. The molecule has 3 nitrogen and oxygen atoms in total. The molecular formula is C22H13Cl3N2O. The summed E-state index contributed by atoms with van der Waals surface area (Å²) in [6, 6.07) is 21.7. The minimum atomic E-state index is -0.309. The Balaban J connectivity index is 1.84. The van der Waals surface area contributed by atoms with Crippen LogP contribution in [0.25, 0.3) is 22.2 Å². The first-order valence-corrected chi connectivity index (χ1v) is 9.58. The molecule has 0 aliphatic heterocycles. The summed E-state index contributed by atoms with van der Waals surface area (Å²) in [4.78, 5) is 17.8. The number of amides is 1. The van der Waals surface area contributed by atoms with Crippen LogP contribution < -0.4 is 5.32 Å². The van der Waals surface area contributed by atoms with E-state index in [0.717, 1.165) is 10.9 Å². The highest BCUT2D eigenvalue weighted by atomic mass is 35.5. The fourth-order valence-electron chi connectivity index (χ4n) is 2.96. The fourth-order valence-corrected chi connectivity index (χ4v) is 3.54. The van der Waals surface area contributed by atoms with Gasteiger partial charge in [0.15, 0.2) is 0 Å². The molecule has 28 heavy (non-hydrogen) atoms. The van der Waals surface area contributed by atoms with Gasteiger partial charge in [-0.25, -0.2) is 4.98 Å². The van der Waals surface area contributed by atoms with Crippen molar-refractivity contribution in [3.8, 4) is 11.3 Å². The Morgan fingerprint density at radius 2 is 1.54 bits per heavy atom. The Morgan fingerprint density at radius 1 is 0.821 bits per heavy atom. The molecule has 0 aliphatic carbocycles. The third-order valence-corrected chi connectivity index (χ3v) is 5.46. The summed E-state index contributed by atoms with van der Waals surface area (Å²) in [5.41, 5.74) is 2.98. The van der Waals surface area contributed by atoms with E-state index in [4.69, 9.17) is 34.8 Å². The van der Waals surface area contributed by atoms with E-state index in [0.29, 0.717) is 37.5 Å². The van der Waals surface area contributed by atoms with E-state index in [1.54, 1.807) is 30.3 Å². The lowest BCUT2D eigenvalue weighted by atomic mass is 10.0. The average Bonchev–Trinajstić information content (AvgIpc) is 2.71. The van der Waals surface area contributed by atoms with Crippen LogP contribution in [0.5, 0.6) is 0 Å². The number of hydrogen-bond acceptors (Lipinski definition) is 2. The fraction of sp³-hybridized carbons (Fsp3) is 0. The van der Waals surface area contributed by atoms with E-state index in [2.05, 4.69) is 10.3 Å². The van der Waals surface area contributed by atoms with Gasteiger partial charge in [-0.15, -0.1) is 0 Å². The molecule has 0 atom stereocenters. The standard InChI is InChI=1S/C22H13Cl3N2O/c23-16-8-3-1-7-14(16)20-12-15(13-6-2-4-10-18(13)26-20)22(28)27-19-11-5-9-17(24)21(19)25/h1-12H,(H,27,28). The van der Waals surface area contributed by atoms with Crippen LogP contribution in [0.4, 0.5) is 5.69 Å². The van der Waals surface area contributed by atoms with Crippen LogP contribution in [0, 0.1) is 0 Å². The molecule has 1 amide bonds. The van der Waals surface area contributed by atoms with Crippen LogP contribution in [0.15, 0.2) is 72.8 Å². The molecule has 0 saturated carbocycles. The van der Waals surface area contributed by atoms with Crippen LogP contribution in [-0.2, 0) is 0 Å². The van der Waals surface area contributed by atoms with E-state index in [9.17, 15) is 4.79 Å². The number of pyridine rings is 1. The number of nitrogens with zero attached hydrogens (tertiary/aromatic N) is 1. The maximum absolute atomic E-state index is 13.1. The van der Waals surface area contributed by atoms with Gasteiger partial charge in [-0.3, -0.25) is 4.79 Å². The molecule has 0 aliphatic rings. The van der Waals surface area contributed by atoms with Gasteiger partial charge in [0, 0.05) is 16.0 Å². The highest BCUT2D eigenvalue weighted by Crippen LogP contribution is 2.32. The minimum Gasteiger partial charge on any atom is -0.321 e. The molecule has 1 aromatic heterocycles. The summed E-state index contributed by atoms with van der Waals surface area (Å²) < 4.78 is 0. The number of carbonyl (C=O) groups excluding carboxylic acids is 1. The second-order valence-electron chi connectivity index (χ2n) is 6.11. The summed E-state index contributed by atoms with van der Waals surface area (Å²) in [5, 5.41) is 4.80. The van der Waals surface area contributed by atoms with Crippen molar-refractivity contribution in [2.45, 2.75) is 0 Å². The summed E-state index contributed by atoms with van der Waals surface area (Å²) in [7, 11) is 0. The highest BCUT2D eigenvalue weighted by molar-refractivity contribution is 6.44. The zero-order valence-corrected chi connectivity index (χ0v) is 16.7. The number of hydrogen-bond donors (Lipinski definition) is 1. The van der Waals surface area contributed by atoms with Gasteiger partial charge < -0.3 is 5.32 Å². The molecule has 6 heteroatoms. The summed E-state index contributed by atoms with van der Waals surface area (Å²) >= 11 is 18.6. The third-order valence-electron chi connectivity index (χ3n) is 4.31. The van der Waals surface area contributed by atoms with Crippen LogP contribution in [-0.4, -0.2) is 10.9 Å². The first-order chi connectivity index (χ1) is 13.5. The van der Waals surface area contributed by atoms with Gasteiger partial charge in [-0.05, 0) is 30.3 Å². The van der Waals surface area contributed by atoms with Crippen LogP contribution in [0.1, 0.15) is 10.4 Å². The van der Waals surface area contributed by atoms with Crippen molar-refractivity contribution in [3.05, 3.63) is 93.4 Å². The molecule has 4 aromatic rings. The maximum atomic E-state index is 13.1. The topological polar surface area (TPSA) is 42.0 Å². The van der Waals surface area contributed by atoms with Crippen molar-refractivity contribution in [2.24, 2.45) is 0 Å². The number of para-hydroxylation sites is 1. The lowest BCUT2D eigenvalue weighted by Gasteiger charge is -2.12. The lowest BCUT2D eigenvalue weighted by Crippen LogP contribution is -2.13. The number of nitrogens with one attached hydrogen (secondary N) is 1. The number of aromatic nitrogens is 1. The number of benzene rings is 3. The Hall–Kier alpha value is -2.59. The van der Waals surface area contributed by atoms with Crippen molar-refractivity contribution in [1.82, 2.24) is 4.98 Å². The van der Waals surface area contributed by atoms with Crippen LogP contribution in [0.3, 0.4) is 0 Å².